The third kappa shape index (κ3) is 5.90. The van der Waals surface area contributed by atoms with E-state index in [0.29, 0.717) is 13.0 Å². The first-order chi connectivity index (χ1) is 6.39. The number of nitrogens with two attached hydrogens (primary N) is 1. The Kier molecular flexibility index (Phi) is 5.68. The van der Waals surface area contributed by atoms with Gasteiger partial charge in [0.2, 0.25) is 0 Å². The van der Waals surface area contributed by atoms with Crippen molar-refractivity contribution in [1.29, 1.82) is 0 Å². The van der Waals surface area contributed by atoms with Crippen molar-refractivity contribution in [3.05, 3.63) is 0 Å². The van der Waals surface area contributed by atoms with Crippen LogP contribution in [0.2, 0.25) is 0 Å². The summed E-state index contributed by atoms with van der Waals surface area (Å²) in [5, 5.41) is 21.0. The van der Waals surface area contributed by atoms with E-state index in [2.05, 4.69) is 5.32 Å². The standard InChI is InChI=1S/C9H20N2O3/c1-3-4-9(2,14)6-11-5-7(10)8(12)13/h7,11,14H,3-6,10H2,1-2H3,(H,12,13). The van der Waals surface area contributed by atoms with Crippen LogP contribution < -0.4 is 11.1 Å². The Labute approximate surface area is 84.3 Å². The molecule has 5 heteroatoms. The van der Waals surface area contributed by atoms with Crippen molar-refractivity contribution in [1.82, 2.24) is 5.32 Å². The quantitative estimate of drug-likeness (QED) is 0.450. The first-order valence-electron chi connectivity index (χ1n) is 4.80. The van der Waals surface area contributed by atoms with Gasteiger partial charge in [-0.25, -0.2) is 0 Å². The van der Waals surface area contributed by atoms with Gasteiger partial charge in [-0.1, -0.05) is 13.3 Å². The highest BCUT2D eigenvalue weighted by molar-refractivity contribution is 5.73. The molecule has 5 nitrogen and oxygen atoms in total. The average molecular weight is 204 g/mol. The maximum absolute atomic E-state index is 10.4. The molecule has 0 aromatic rings. The maximum atomic E-state index is 10.4. The van der Waals surface area contributed by atoms with Crippen LogP contribution in [0.1, 0.15) is 26.7 Å². The topological polar surface area (TPSA) is 95.6 Å². The van der Waals surface area contributed by atoms with Gasteiger partial charge in [0, 0.05) is 13.1 Å². The predicted octanol–water partition coefficient (Wildman–Crippen LogP) is -0.461. The number of rotatable bonds is 7. The molecule has 0 aromatic heterocycles. The van der Waals surface area contributed by atoms with Crippen LogP contribution in [-0.2, 0) is 4.79 Å². The Balaban J connectivity index is 3.67. The van der Waals surface area contributed by atoms with Crippen LogP contribution in [0.25, 0.3) is 0 Å². The number of aliphatic hydroxyl groups is 1. The van der Waals surface area contributed by atoms with Gasteiger partial charge >= 0.3 is 5.97 Å². The molecule has 0 rings (SSSR count). The maximum Gasteiger partial charge on any atom is 0.321 e. The van der Waals surface area contributed by atoms with Gasteiger partial charge in [-0.2, -0.15) is 0 Å². The SMILES string of the molecule is CCCC(C)(O)CNCC(N)C(=O)O. The normalized spacial score (nSPS) is 17.4. The number of aliphatic carboxylic acids is 1. The van der Waals surface area contributed by atoms with E-state index >= 15 is 0 Å². The molecule has 2 unspecified atom stereocenters. The van der Waals surface area contributed by atoms with E-state index < -0.39 is 17.6 Å². The fourth-order valence-corrected chi connectivity index (χ4v) is 1.21. The van der Waals surface area contributed by atoms with Gasteiger partial charge in [0.15, 0.2) is 0 Å². The highest BCUT2D eigenvalue weighted by Crippen LogP contribution is 2.09. The Morgan fingerprint density at radius 3 is 2.64 bits per heavy atom. The molecule has 0 aromatic carbocycles. The third-order valence-electron chi connectivity index (χ3n) is 1.98. The van der Waals surface area contributed by atoms with Crippen LogP contribution in [0.3, 0.4) is 0 Å². The highest BCUT2D eigenvalue weighted by atomic mass is 16.4. The zero-order valence-corrected chi connectivity index (χ0v) is 8.79. The Hall–Kier alpha value is -0.650. The fourth-order valence-electron chi connectivity index (χ4n) is 1.21. The summed E-state index contributed by atoms with van der Waals surface area (Å²) in [6.07, 6.45) is 1.57. The summed E-state index contributed by atoms with van der Waals surface area (Å²) in [6, 6.07) is -0.910. The van der Waals surface area contributed by atoms with E-state index in [1.165, 1.54) is 0 Å². The molecule has 5 N–H and O–H groups in total. The number of carboxylic acids is 1. The summed E-state index contributed by atoms with van der Waals surface area (Å²) in [6.45, 7) is 4.24. The second-order valence-electron chi connectivity index (χ2n) is 3.82. The minimum absolute atomic E-state index is 0.176. The smallest absolute Gasteiger partial charge is 0.321 e. The van der Waals surface area contributed by atoms with Crippen molar-refractivity contribution in [2.24, 2.45) is 5.73 Å². The molecular formula is C9H20N2O3. The molecule has 0 heterocycles. The lowest BCUT2D eigenvalue weighted by atomic mass is 10.0. The van der Waals surface area contributed by atoms with Crippen molar-refractivity contribution >= 4 is 5.97 Å². The average Bonchev–Trinajstić information content (AvgIpc) is 2.03. The lowest BCUT2D eigenvalue weighted by molar-refractivity contribution is -0.138. The number of hydrogen-bond donors (Lipinski definition) is 4. The Morgan fingerprint density at radius 1 is 1.64 bits per heavy atom. The van der Waals surface area contributed by atoms with E-state index in [1.54, 1.807) is 6.92 Å². The molecule has 84 valence electrons. The third-order valence-corrected chi connectivity index (χ3v) is 1.98. The second kappa shape index (κ2) is 5.95. The molecule has 0 aliphatic rings. The summed E-state index contributed by atoms with van der Waals surface area (Å²) >= 11 is 0. The molecule has 0 bridgehead atoms. The van der Waals surface area contributed by atoms with Crippen LogP contribution in [0.4, 0.5) is 0 Å². The lowest BCUT2D eigenvalue weighted by Gasteiger charge is -2.23. The summed E-state index contributed by atoms with van der Waals surface area (Å²) in [7, 11) is 0. The van der Waals surface area contributed by atoms with Gasteiger partial charge in [-0.05, 0) is 13.3 Å². The molecule has 14 heavy (non-hydrogen) atoms. The summed E-state index contributed by atoms with van der Waals surface area (Å²) in [5.41, 5.74) is 4.49. The molecule has 0 saturated carbocycles. The molecule has 2 atom stereocenters. The van der Waals surface area contributed by atoms with Gasteiger partial charge < -0.3 is 21.3 Å². The zero-order valence-electron chi connectivity index (χ0n) is 8.79. The van der Waals surface area contributed by atoms with Crippen molar-refractivity contribution in [2.75, 3.05) is 13.1 Å². The molecule has 0 fully saturated rings. The molecule has 0 aliphatic heterocycles. The summed E-state index contributed by atoms with van der Waals surface area (Å²) in [4.78, 5) is 10.4. The number of hydrogen-bond acceptors (Lipinski definition) is 4. The second-order valence-corrected chi connectivity index (χ2v) is 3.82. The van der Waals surface area contributed by atoms with Gasteiger partial charge in [-0.15, -0.1) is 0 Å². The van der Waals surface area contributed by atoms with Crippen LogP contribution in [0, 0.1) is 0 Å². The summed E-state index contributed by atoms with van der Waals surface area (Å²) < 4.78 is 0. The van der Waals surface area contributed by atoms with Crippen LogP contribution in [0.15, 0.2) is 0 Å². The van der Waals surface area contributed by atoms with E-state index in [9.17, 15) is 9.90 Å². The minimum atomic E-state index is -1.03. The van der Waals surface area contributed by atoms with E-state index in [1.807, 2.05) is 6.92 Å². The number of carboxylic acid groups (broad SMARTS) is 1. The molecule has 0 amide bonds. The largest absolute Gasteiger partial charge is 0.480 e. The molecule has 0 saturated heterocycles. The molecular weight excluding hydrogens is 184 g/mol. The van der Waals surface area contributed by atoms with Crippen LogP contribution in [-0.4, -0.2) is 40.9 Å². The first-order valence-corrected chi connectivity index (χ1v) is 4.80. The van der Waals surface area contributed by atoms with Gasteiger partial charge in [-0.3, -0.25) is 4.79 Å². The van der Waals surface area contributed by atoms with E-state index in [0.717, 1.165) is 6.42 Å². The minimum Gasteiger partial charge on any atom is -0.480 e. The Bertz CT molecular complexity index is 183. The highest BCUT2D eigenvalue weighted by Gasteiger charge is 2.19. The van der Waals surface area contributed by atoms with Crippen molar-refractivity contribution < 1.29 is 15.0 Å². The summed E-state index contributed by atoms with van der Waals surface area (Å²) in [5.74, 6) is -1.03. The molecule has 0 radical (unpaired) electrons. The Morgan fingerprint density at radius 2 is 2.21 bits per heavy atom. The van der Waals surface area contributed by atoms with Gasteiger partial charge in [0.1, 0.15) is 6.04 Å². The molecule has 0 spiro atoms. The first kappa shape index (κ1) is 13.4. The van der Waals surface area contributed by atoms with Crippen LogP contribution in [0.5, 0.6) is 0 Å². The zero-order chi connectivity index (χ0) is 11.2. The van der Waals surface area contributed by atoms with E-state index in [-0.39, 0.29) is 6.54 Å². The molecule has 0 aliphatic carbocycles. The van der Waals surface area contributed by atoms with Crippen molar-refractivity contribution in [3.8, 4) is 0 Å². The lowest BCUT2D eigenvalue weighted by Crippen LogP contribution is -2.45. The van der Waals surface area contributed by atoms with Gasteiger partial charge in [0.05, 0.1) is 5.60 Å². The van der Waals surface area contributed by atoms with Crippen molar-refractivity contribution in [2.45, 2.75) is 38.3 Å². The number of nitrogens with one attached hydrogen (secondary N) is 1. The van der Waals surface area contributed by atoms with E-state index in [4.69, 9.17) is 10.8 Å². The number of carbonyl (C=O) groups is 1. The fraction of sp³-hybridized carbons (Fsp3) is 0.889. The van der Waals surface area contributed by atoms with Crippen molar-refractivity contribution in [3.63, 3.8) is 0 Å². The monoisotopic (exact) mass is 204 g/mol. The van der Waals surface area contributed by atoms with Gasteiger partial charge in [0.25, 0.3) is 0 Å². The predicted molar refractivity (Wildman–Crippen MR) is 54.0 cm³/mol. The van der Waals surface area contributed by atoms with Crippen LogP contribution >= 0.6 is 0 Å².